The van der Waals surface area contributed by atoms with Crippen LogP contribution in [0.25, 0.3) is 0 Å². The highest BCUT2D eigenvalue weighted by Crippen LogP contribution is 2.28. The third kappa shape index (κ3) is 2.98. The van der Waals surface area contributed by atoms with E-state index >= 15 is 0 Å². The molecule has 136 valence electrons. The fraction of sp³-hybridized carbons (Fsp3) is 0.400. The van der Waals surface area contributed by atoms with Crippen molar-refractivity contribution in [2.24, 2.45) is 10.9 Å². The van der Waals surface area contributed by atoms with Crippen LogP contribution < -0.4 is 5.32 Å². The summed E-state index contributed by atoms with van der Waals surface area (Å²) in [6, 6.07) is 3.79. The molecule has 1 atom stereocenters. The van der Waals surface area contributed by atoms with Gasteiger partial charge in [0, 0.05) is 6.20 Å². The topological polar surface area (TPSA) is 71.4 Å². The molecule has 1 aliphatic heterocycles. The summed E-state index contributed by atoms with van der Waals surface area (Å²) in [5.74, 6) is 0.181. The van der Waals surface area contributed by atoms with Gasteiger partial charge in [0.05, 0.1) is 10.4 Å². The molecule has 0 aromatic carbocycles. The Balaban J connectivity index is 2.13. The number of carbonyl (C=O) groups is 2. The molecule has 3 rings (SSSR count). The lowest BCUT2D eigenvalue weighted by molar-refractivity contribution is -0.124. The van der Waals surface area contributed by atoms with Gasteiger partial charge in [0.25, 0.3) is 5.91 Å². The molecule has 5 nitrogen and oxygen atoms in total. The third-order valence-corrected chi connectivity index (χ3v) is 6.06. The van der Waals surface area contributed by atoms with Gasteiger partial charge in [-0.2, -0.15) is 0 Å². The van der Waals surface area contributed by atoms with Gasteiger partial charge >= 0.3 is 0 Å². The van der Waals surface area contributed by atoms with Crippen molar-refractivity contribution in [1.29, 1.82) is 0 Å². The molecule has 1 aliphatic rings. The lowest BCUT2D eigenvalue weighted by atomic mass is 9.89. The average molecular weight is 369 g/mol. The molecule has 0 radical (unpaired) electrons. The van der Waals surface area contributed by atoms with E-state index < -0.39 is 5.54 Å². The molecule has 1 amide bonds. The van der Waals surface area contributed by atoms with Crippen LogP contribution in [0.4, 0.5) is 0 Å². The maximum Gasteiger partial charge on any atom is 0.253 e. The first-order valence-corrected chi connectivity index (χ1v) is 9.65. The SMILES string of the molecule is CCc1cnc(C2=NC(C)(C(C)C)C(=O)N2)c(C(=O)c2sccc2C)c1. The van der Waals surface area contributed by atoms with E-state index in [4.69, 9.17) is 0 Å². The normalized spacial score (nSPS) is 19.6. The molecule has 26 heavy (non-hydrogen) atoms. The van der Waals surface area contributed by atoms with Gasteiger partial charge < -0.3 is 5.32 Å². The van der Waals surface area contributed by atoms with Crippen molar-refractivity contribution in [3.05, 3.63) is 51.0 Å². The maximum atomic E-state index is 13.2. The molecule has 0 fully saturated rings. The summed E-state index contributed by atoms with van der Waals surface area (Å²) < 4.78 is 0. The number of nitrogens with one attached hydrogen (secondary N) is 1. The van der Waals surface area contributed by atoms with E-state index in [-0.39, 0.29) is 17.6 Å². The summed E-state index contributed by atoms with van der Waals surface area (Å²) in [6.07, 6.45) is 2.52. The number of hydrogen-bond acceptors (Lipinski definition) is 5. The van der Waals surface area contributed by atoms with Crippen LogP contribution in [0.3, 0.4) is 0 Å². The number of pyridine rings is 1. The number of amides is 1. The van der Waals surface area contributed by atoms with E-state index in [9.17, 15) is 9.59 Å². The predicted molar refractivity (Wildman–Crippen MR) is 104 cm³/mol. The minimum atomic E-state index is -0.848. The van der Waals surface area contributed by atoms with Crippen LogP contribution >= 0.6 is 11.3 Å². The Morgan fingerprint density at radius 1 is 1.38 bits per heavy atom. The van der Waals surface area contributed by atoms with Crippen LogP contribution in [0.5, 0.6) is 0 Å². The fourth-order valence-electron chi connectivity index (χ4n) is 2.84. The van der Waals surface area contributed by atoms with Gasteiger partial charge in [-0.15, -0.1) is 11.3 Å². The van der Waals surface area contributed by atoms with Gasteiger partial charge in [-0.25, -0.2) is 4.99 Å². The average Bonchev–Trinajstić information content (AvgIpc) is 3.18. The number of rotatable bonds is 5. The Kier molecular flexibility index (Phi) is 4.80. The van der Waals surface area contributed by atoms with Gasteiger partial charge in [0.2, 0.25) is 5.78 Å². The lowest BCUT2D eigenvalue weighted by Crippen LogP contribution is -2.41. The molecule has 0 saturated carbocycles. The van der Waals surface area contributed by atoms with Crippen LogP contribution in [-0.4, -0.2) is 28.0 Å². The molecule has 0 spiro atoms. The number of ketones is 1. The number of thiophene rings is 1. The molecule has 2 aromatic rings. The molecular weight excluding hydrogens is 346 g/mol. The van der Waals surface area contributed by atoms with E-state index in [0.29, 0.717) is 22.0 Å². The summed E-state index contributed by atoms with van der Waals surface area (Å²) in [7, 11) is 0. The van der Waals surface area contributed by atoms with Crippen molar-refractivity contribution >= 4 is 28.9 Å². The summed E-state index contributed by atoms with van der Waals surface area (Å²) in [4.78, 5) is 35.4. The number of hydrogen-bond donors (Lipinski definition) is 1. The van der Waals surface area contributed by atoms with E-state index in [2.05, 4.69) is 15.3 Å². The zero-order valence-corrected chi connectivity index (χ0v) is 16.5. The smallest absolute Gasteiger partial charge is 0.253 e. The Morgan fingerprint density at radius 2 is 2.12 bits per heavy atom. The Hall–Kier alpha value is -2.34. The van der Waals surface area contributed by atoms with E-state index in [1.54, 1.807) is 6.20 Å². The quantitative estimate of drug-likeness (QED) is 0.820. The molecule has 3 heterocycles. The minimum Gasteiger partial charge on any atom is -0.307 e. The van der Waals surface area contributed by atoms with Crippen molar-refractivity contribution < 1.29 is 9.59 Å². The molecule has 6 heteroatoms. The van der Waals surface area contributed by atoms with Crippen molar-refractivity contribution in [1.82, 2.24) is 10.3 Å². The van der Waals surface area contributed by atoms with Gasteiger partial charge in [0.1, 0.15) is 11.2 Å². The number of nitrogens with zero attached hydrogens (tertiary/aromatic N) is 2. The molecule has 1 N–H and O–H groups in total. The highest BCUT2D eigenvalue weighted by atomic mass is 32.1. The van der Waals surface area contributed by atoms with Crippen LogP contribution in [0.2, 0.25) is 0 Å². The molecule has 0 aliphatic carbocycles. The first-order chi connectivity index (χ1) is 12.3. The minimum absolute atomic E-state index is 0.0357. The summed E-state index contributed by atoms with van der Waals surface area (Å²) >= 11 is 1.42. The summed E-state index contributed by atoms with van der Waals surface area (Å²) in [5, 5.41) is 4.74. The first-order valence-electron chi connectivity index (χ1n) is 8.77. The number of carbonyl (C=O) groups excluding carboxylic acids is 2. The Labute approximate surface area is 157 Å². The summed E-state index contributed by atoms with van der Waals surface area (Å²) in [5.41, 5.74) is 2.00. The second kappa shape index (κ2) is 6.76. The van der Waals surface area contributed by atoms with Crippen molar-refractivity contribution in [2.45, 2.75) is 46.6 Å². The molecular formula is C20H23N3O2S. The predicted octanol–water partition coefficient (Wildman–Crippen LogP) is 3.54. The number of aromatic nitrogens is 1. The largest absolute Gasteiger partial charge is 0.307 e. The lowest BCUT2D eigenvalue weighted by Gasteiger charge is -2.21. The zero-order chi connectivity index (χ0) is 19.1. The van der Waals surface area contributed by atoms with E-state index in [0.717, 1.165) is 17.5 Å². The fourth-order valence-corrected chi connectivity index (χ4v) is 3.72. The van der Waals surface area contributed by atoms with Crippen molar-refractivity contribution in [3.63, 3.8) is 0 Å². The first kappa shape index (κ1) is 18.5. The van der Waals surface area contributed by atoms with Gasteiger partial charge in [0.15, 0.2) is 5.84 Å². The highest BCUT2D eigenvalue weighted by Gasteiger charge is 2.43. The maximum absolute atomic E-state index is 13.2. The molecule has 1 unspecified atom stereocenters. The molecule has 0 saturated heterocycles. The number of aryl methyl sites for hydroxylation is 2. The van der Waals surface area contributed by atoms with Crippen molar-refractivity contribution in [3.8, 4) is 0 Å². The van der Waals surface area contributed by atoms with E-state index in [1.165, 1.54) is 11.3 Å². The van der Waals surface area contributed by atoms with Crippen LogP contribution in [0.1, 0.15) is 59.8 Å². The highest BCUT2D eigenvalue weighted by molar-refractivity contribution is 7.12. The van der Waals surface area contributed by atoms with Crippen LogP contribution in [0, 0.1) is 12.8 Å². The van der Waals surface area contributed by atoms with Gasteiger partial charge in [-0.05, 0) is 54.8 Å². The molecule has 2 aromatic heterocycles. The zero-order valence-electron chi connectivity index (χ0n) is 15.7. The van der Waals surface area contributed by atoms with Crippen LogP contribution in [-0.2, 0) is 11.2 Å². The second-order valence-corrected chi connectivity index (χ2v) is 7.99. The van der Waals surface area contributed by atoms with Gasteiger partial charge in [-0.3, -0.25) is 14.6 Å². The monoisotopic (exact) mass is 369 g/mol. The second-order valence-electron chi connectivity index (χ2n) is 7.07. The molecule has 0 bridgehead atoms. The number of aliphatic imine (C=N–C) groups is 1. The Bertz CT molecular complexity index is 914. The van der Waals surface area contributed by atoms with Crippen LogP contribution in [0.15, 0.2) is 28.7 Å². The third-order valence-electron chi connectivity index (χ3n) is 5.05. The number of amidine groups is 1. The Morgan fingerprint density at radius 3 is 2.65 bits per heavy atom. The van der Waals surface area contributed by atoms with Gasteiger partial charge in [-0.1, -0.05) is 20.8 Å². The summed E-state index contributed by atoms with van der Waals surface area (Å²) in [6.45, 7) is 9.67. The van der Waals surface area contributed by atoms with Crippen molar-refractivity contribution in [2.75, 3.05) is 0 Å². The standard InChI is InChI=1S/C20H23N3O2S/c1-6-13-9-14(16(24)17-12(4)7-8-26-17)15(21-10-13)18-22-19(25)20(5,23-18)11(2)3/h7-11H,6H2,1-5H3,(H,22,23,25). The van der Waals surface area contributed by atoms with E-state index in [1.807, 2.05) is 52.1 Å².